The molecular weight excluding hydrogens is 306 g/mol. The maximum atomic E-state index is 12.6. The van der Waals surface area contributed by atoms with Crippen LogP contribution in [0.2, 0.25) is 0 Å². The molecule has 5 heteroatoms. The van der Waals surface area contributed by atoms with E-state index in [1.807, 2.05) is 23.1 Å². The smallest absolute Gasteiger partial charge is 0.231 e. The fourth-order valence-corrected chi connectivity index (χ4v) is 4.30. The molecule has 0 unspecified atom stereocenters. The van der Waals surface area contributed by atoms with Crippen molar-refractivity contribution in [3.05, 3.63) is 23.8 Å². The number of likely N-dealkylation sites (tertiary alicyclic amines) is 1. The Morgan fingerprint density at radius 1 is 1.25 bits per heavy atom. The lowest BCUT2D eigenvalue weighted by Crippen LogP contribution is -2.54. The average Bonchev–Trinajstić information content (AvgIpc) is 3.06. The number of carbonyl (C=O) groups excluding carboxylic acids is 1. The van der Waals surface area contributed by atoms with Gasteiger partial charge >= 0.3 is 0 Å². The van der Waals surface area contributed by atoms with Crippen LogP contribution in [-0.4, -0.2) is 41.4 Å². The molecule has 4 rings (SSSR count). The highest BCUT2D eigenvalue weighted by atomic mass is 16.7. The molecule has 24 heavy (non-hydrogen) atoms. The summed E-state index contributed by atoms with van der Waals surface area (Å²) in [5.41, 5.74) is 0.575. The Morgan fingerprint density at radius 2 is 2.12 bits per heavy atom. The number of hydrogen-bond acceptors (Lipinski definition) is 4. The van der Waals surface area contributed by atoms with Gasteiger partial charge in [-0.25, -0.2) is 0 Å². The van der Waals surface area contributed by atoms with Gasteiger partial charge in [-0.15, -0.1) is 0 Å². The van der Waals surface area contributed by atoms with E-state index >= 15 is 0 Å². The standard InChI is InChI=1S/C19H25NO4/c21-18(7-5-14-4-6-16-17(11-14)24-13-23-16)20-10-9-19(22)8-2-1-3-15(19)12-20/h4,6,11,15,22H,1-3,5,7-10,12-13H2/t15-,19+/m1/s1. The van der Waals surface area contributed by atoms with Gasteiger partial charge in [0.2, 0.25) is 12.7 Å². The Bertz CT molecular complexity index is 632. The summed E-state index contributed by atoms with van der Waals surface area (Å²) in [6.07, 6.45) is 6.18. The first-order valence-electron chi connectivity index (χ1n) is 9.03. The van der Waals surface area contributed by atoms with E-state index in [2.05, 4.69) is 0 Å². The minimum absolute atomic E-state index is 0.195. The Morgan fingerprint density at radius 3 is 3.04 bits per heavy atom. The molecule has 130 valence electrons. The lowest BCUT2D eigenvalue weighted by Gasteiger charge is -2.47. The predicted molar refractivity (Wildman–Crippen MR) is 89.0 cm³/mol. The molecule has 2 aliphatic heterocycles. The third-order valence-corrected chi connectivity index (χ3v) is 5.84. The molecule has 0 aromatic heterocycles. The first-order valence-corrected chi connectivity index (χ1v) is 9.03. The van der Waals surface area contributed by atoms with Crippen molar-refractivity contribution >= 4 is 5.91 Å². The summed E-state index contributed by atoms with van der Waals surface area (Å²) in [5, 5.41) is 10.7. The zero-order valence-electron chi connectivity index (χ0n) is 14.0. The second kappa shape index (κ2) is 6.28. The Hall–Kier alpha value is -1.75. The molecule has 1 saturated carbocycles. The van der Waals surface area contributed by atoms with Crippen LogP contribution in [0.25, 0.3) is 0 Å². The van der Waals surface area contributed by atoms with Crippen LogP contribution >= 0.6 is 0 Å². The van der Waals surface area contributed by atoms with Crippen LogP contribution in [0, 0.1) is 5.92 Å². The van der Waals surface area contributed by atoms with Crippen LogP contribution < -0.4 is 9.47 Å². The zero-order chi connectivity index (χ0) is 16.6. The van der Waals surface area contributed by atoms with Gasteiger partial charge in [-0.05, 0) is 43.4 Å². The molecule has 1 N–H and O–H groups in total. The van der Waals surface area contributed by atoms with Crippen LogP contribution in [0.1, 0.15) is 44.1 Å². The normalized spacial score (nSPS) is 28.5. The number of aliphatic hydroxyl groups is 1. The maximum absolute atomic E-state index is 12.6. The number of ether oxygens (including phenoxy) is 2. The summed E-state index contributed by atoms with van der Waals surface area (Å²) in [4.78, 5) is 14.5. The molecule has 0 bridgehead atoms. The summed E-state index contributed by atoms with van der Waals surface area (Å²) >= 11 is 0. The van der Waals surface area contributed by atoms with E-state index in [9.17, 15) is 9.90 Å². The van der Waals surface area contributed by atoms with Gasteiger partial charge in [-0.1, -0.05) is 18.9 Å². The van der Waals surface area contributed by atoms with Gasteiger partial charge in [0.1, 0.15) is 0 Å². The van der Waals surface area contributed by atoms with Gasteiger partial charge in [0, 0.05) is 25.4 Å². The van der Waals surface area contributed by atoms with Crippen molar-refractivity contribution in [2.75, 3.05) is 19.9 Å². The highest BCUT2D eigenvalue weighted by molar-refractivity contribution is 5.76. The van der Waals surface area contributed by atoms with Gasteiger partial charge < -0.3 is 19.5 Å². The van der Waals surface area contributed by atoms with Crippen LogP contribution in [0.4, 0.5) is 0 Å². The minimum Gasteiger partial charge on any atom is -0.454 e. The van der Waals surface area contributed by atoms with Crippen molar-refractivity contribution < 1.29 is 19.4 Å². The molecule has 1 aromatic rings. The number of carbonyl (C=O) groups is 1. The number of fused-ring (bicyclic) bond motifs is 2. The summed E-state index contributed by atoms with van der Waals surface area (Å²) in [6.45, 7) is 1.68. The number of rotatable bonds is 3. The van der Waals surface area contributed by atoms with Crippen molar-refractivity contribution in [3.63, 3.8) is 0 Å². The Balaban J connectivity index is 1.33. The van der Waals surface area contributed by atoms with E-state index in [0.29, 0.717) is 19.4 Å². The largest absolute Gasteiger partial charge is 0.454 e. The van der Waals surface area contributed by atoms with Crippen molar-refractivity contribution in [1.82, 2.24) is 4.90 Å². The monoisotopic (exact) mass is 331 g/mol. The number of piperidine rings is 1. The van der Waals surface area contributed by atoms with E-state index in [1.54, 1.807) is 0 Å². The summed E-state index contributed by atoms with van der Waals surface area (Å²) in [5.74, 6) is 2.00. The summed E-state index contributed by atoms with van der Waals surface area (Å²) < 4.78 is 10.7. The third-order valence-electron chi connectivity index (χ3n) is 5.84. The van der Waals surface area contributed by atoms with E-state index in [-0.39, 0.29) is 18.6 Å². The maximum Gasteiger partial charge on any atom is 0.231 e. The molecule has 0 radical (unpaired) electrons. The fourth-order valence-electron chi connectivity index (χ4n) is 4.30. The fraction of sp³-hybridized carbons (Fsp3) is 0.632. The van der Waals surface area contributed by atoms with Gasteiger partial charge in [-0.2, -0.15) is 0 Å². The summed E-state index contributed by atoms with van der Waals surface area (Å²) in [6, 6.07) is 5.87. The number of nitrogens with zero attached hydrogens (tertiary/aromatic N) is 1. The van der Waals surface area contributed by atoms with Crippen LogP contribution in [0.15, 0.2) is 18.2 Å². The van der Waals surface area contributed by atoms with Gasteiger partial charge in [0.25, 0.3) is 0 Å². The van der Waals surface area contributed by atoms with Crippen LogP contribution in [-0.2, 0) is 11.2 Å². The van der Waals surface area contributed by atoms with Crippen LogP contribution in [0.3, 0.4) is 0 Å². The highest BCUT2D eigenvalue weighted by Crippen LogP contribution is 2.40. The lowest BCUT2D eigenvalue weighted by atomic mass is 9.71. The van der Waals surface area contributed by atoms with Gasteiger partial charge in [0.05, 0.1) is 5.60 Å². The number of benzene rings is 1. The Kier molecular flexibility index (Phi) is 4.12. The summed E-state index contributed by atoms with van der Waals surface area (Å²) in [7, 11) is 0. The van der Waals surface area contributed by atoms with Gasteiger partial charge in [0.15, 0.2) is 11.5 Å². The molecule has 1 saturated heterocycles. The van der Waals surface area contributed by atoms with Crippen molar-refractivity contribution in [1.29, 1.82) is 0 Å². The topological polar surface area (TPSA) is 59.0 Å². The predicted octanol–water partition coefficient (Wildman–Crippen LogP) is 2.50. The molecule has 5 nitrogen and oxygen atoms in total. The number of hydrogen-bond donors (Lipinski definition) is 1. The first-order chi connectivity index (χ1) is 11.6. The Labute approximate surface area is 142 Å². The average molecular weight is 331 g/mol. The van der Waals surface area contributed by atoms with Gasteiger partial charge in [-0.3, -0.25) is 4.79 Å². The van der Waals surface area contributed by atoms with Crippen molar-refractivity contribution in [3.8, 4) is 11.5 Å². The molecular formula is C19H25NO4. The molecule has 2 fully saturated rings. The van der Waals surface area contributed by atoms with E-state index < -0.39 is 5.60 Å². The molecule has 0 spiro atoms. The zero-order valence-corrected chi connectivity index (χ0v) is 14.0. The van der Waals surface area contributed by atoms with E-state index in [1.165, 1.54) is 6.42 Å². The molecule has 1 aliphatic carbocycles. The molecule has 2 heterocycles. The second-order valence-corrected chi connectivity index (χ2v) is 7.32. The third kappa shape index (κ3) is 2.97. The van der Waals surface area contributed by atoms with E-state index in [0.717, 1.165) is 49.3 Å². The highest BCUT2D eigenvalue weighted by Gasteiger charge is 2.43. The van der Waals surface area contributed by atoms with E-state index in [4.69, 9.17) is 9.47 Å². The van der Waals surface area contributed by atoms with Crippen LogP contribution in [0.5, 0.6) is 11.5 Å². The lowest BCUT2D eigenvalue weighted by molar-refractivity contribution is -0.143. The SMILES string of the molecule is O=C(CCc1ccc2c(c1)OCO2)N1CC[C@@]2(O)CCCC[C@@H]2C1. The molecule has 3 aliphatic rings. The quantitative estimate of drug-likeness (QED) is 0.924. The molecule has 1 aromatic carbocycles. The molecule has 2 atom stereocenters. The number of amides is 1. The minimum atomic E-state index is -0.521. The first kappa shape index (κ1) is 15.8. The van der Waals surface area contributed by atoms with Crippen molar-refractivity contribution in [2.24, 2.45) is 5.92 Å². The molecule has 1 amide bonds. The van der Waals surface area contributed by atoms with Crippen molar-refractivity contribution in [2.45, 2.75) is 50.5 Å². The number of aryl methyl sites for hydroxylation is 1. The second-order valence-electron chi connectivity index (χ2n) is 7.32.